The molecular weight excluding hydrogens is 463 g/mol. The van der Waals surface area contributed by atoms with Gasteiger partial charge in [0, 0.05) is 51.2 Å². The van der Waals surface area contributed by atoms with E-state index >= 15 is 0 Å². The molecule has 0 saturated heterocycles. The normalized spacial score (nSPS) is 13.8. The van der Waals surface area contributed by atoms with Crippen molar-refractivity contribution in [3.05, 3.63) is 39.8 Å². The van der Waals surface area contributed by atoms with Gasteiger partial charge in [0.25, 0.3) is 0 Å². The van der Waals surface area contributed by atoms with E-state index in [0.29, 0.717) is 25.5 Å². The number of guanidine groups is 1. The molecule has 1 aliphatic heterocycles. The van der Waals surface area contributed by atoms with Gasteiger partial charge in [0.1, 0.15) is 0 Å². The summed E-state index contributed by atoms with van der Waals surface area (Å²) in [6.07, 6.45) is 3.20. The van der Waals surface area contributed by atoms with E-state index in [4.69, 9.17) is 0 Å². The van der Waals surface area contributed by atoms with Crippen LogP contribution in [0.2, 0.25) is 0 Å². The molecule has 0 aromatic carbocycles. The van der Waals surface area contributed by atoms with Crippen LogP contribution < -0.4 is 10.6 Å². The third-order valence-electron chi connectivity index (χ3n) is 4.37. The number of fused-ring (bicyclic) bond motifs is 1. The van der Waals surface area contributed by atoms with Gasteiger partial charge in [-0.25, -0.2) is 0 Å². The molecule has 26 heavy (non-hydrogen) atoms. The molecule has 0 saturated carbocycles. The van der Waals surface area contributed by atoms with Gasteiger partial charge in [-0.2, -0.15) is 5.10 Å². The number of halogens is 1. The highest BCUT2D eigenvalue weighted by Crippen LogP contribution is 2.24. The Morgan fingerprint density at radius 3 is 2.96 bits per heavy atom. The standard InChI is InChI=1S/C17H24N6OS.HI/c1-18-17(20-11-14-3-8-21-22(14)2)19-7-4-16(24)23-9-5-15-13(12-23)6-10-25-15;/h3,6,8,10H,4-5,7,9,11-12H2,1-2H3,(H2,18,19,20);1H. The number of hydrogen-bond acceptors (Lipinski definition) is 4. The maximum absolute atomic E-state index is 12.4. The number of hydrogen-bond donors (Lipinski definition) is 2. The van der Waals surface area contributed by atoms with Crippen LogP contribution in [0.25, 0.3) is 0 Å². The lowest BCUT2D eigenvalue weighted by atomic mass is 10.1. The Morgan fingerprint density at radius 2 is 2.23 bits per heavy atom. The summed E-state index contributed by atoms with van der Waals surface area (Å²) in [5.41, 5.74) is 2.37. The second-order valence-electron chi connectivity index (χ2n) is 5.98. The highest BCUT2D eigenvalue weighted by Gasteiger charge is 2.20. The number of rotatable bonds is 5. The van der Waals surface area contributed by atoms with Gasteiger partial charge in [0.05, 0.1) is 12.2 Å². The van der Waals surface area contributed by atoms with Gasteiger partial charge in [0.15, 0.2) is 5.96 Å². The Bertz CT molecular complexity index is 756. The number of thiophene rings is 1. The monoisotopic (exact) mass is 488 g/mol. The van der Waals surface area contributed by atoms with Gasteiger partial charge in [-0.1, -0.05) is 0 Å². The second-order valence-corrected chi connectivity index (χ2v) is 6.98. The molecule has 0 atom stereocenters. The fourth-order valence-electron chi connectivity index (χ4n) is 2.88. The van der Waals surface area contributed by atoms with Crippen LogP contribution in [-0.2, 0) is 31.4 Å². The van der Waals surface area contributed by atoms with Crippen molar-refractivity contribution >= 4 is 47.2 Å². The molecule has 3 heterocycles. The first-order chi connectivity index (χ1) is 12.2. The largest absolute Gasteiger partial charge is 0.356 e. The Kier molecular flexibility index (Phi) is 7.88. The van der Waals surface area contributed by atoms with Crippen molar-refractivity contribution in [2.45, 2.75) is 25.9 Å². The quantitative estimate of drug-likeness (QED) is 0.382. The number of nitrogens with one attached hydrogen (secondary N) is 2. The van der Waals surface area contributed by atoms with E-state index < -0.39 is 0 Å². The first-order valence-electron chi connectivity index (χ1n) is 8.42. The van der Waals surface area contributed by atoms with Gasteiger partial charge in [0.2, 0.25) is 5.91 Å². The van der Waals surface area contributed by atoms with Crippen molar-refractivity contribution in [3.63, 3.8) is 0 Å². The molecule has 3 rings (SSSR count). The molecule has 0 fully saturated rings. The molecule has 2 N–H and O–H groups in total. The van der Waals surface area contributed by atoms with E-state index in [9.17, 15) is 4.79 Å². The van der Waals surface area contributed by atoms with Gasteiger partial charge < -0.3 is 15.5 Å². The van der Waals surface area contributed by atoms with Gasteiger partial charge in [-0.15, -0.1) is 35.3 Å². The summed E-state index contributed by atoms with van der Waals surface area (Å²) < 4.78 is 1.82. The summed E-state index contributed by atoms with van der Waals surface area (Å²) in [6, 6.07) is 4.08. The third kappa shape index (κ3) is 5.19. The molecule has 2 aromatic heterocycles. The smallest absolute Gasteiger partial charge is 0.224 e. The van der Waals surface area contributed by atoms with Gasteiger partial charge >= 0.3 is 0 Å². The summed E-state index contributed by atoms with van der Waals surface area (Å²) in [5.74, 6) is 0.874. The van der Waals surface area contributed by atoms with Crippen LogP contribution in [0.1, 0.15) is 22.6 Å². The minimum Gasteiger partial charge on any atom is -0.356 e. The van der Waals surface area contributed by atoms with Crippen LogP contribution in [0.5, 0.6) is 0 Å². The van der Waals surface area contributed by atoms with Crippen LogP contribution in [0.3, 0.4) is 0 Å². The Morgan fingerprint density at radius 1 is 1.38 bits per heavy atom. The number of nitrogens with zero attached hydrogens (tertiary/aromatic N) is 4. The lowest BCUT2D eigenvalue weighted by molar-refractivity contribution is -0.131. The van der Waals surface area contributed by atoms with E-state index in [1.54, 1.807) is 24.6 Å². The molecule has 142 valence electrons. The number of carbonyl (C=O) groups is 1. The highest BCUT2D eigenvalue weighted by atomic mass is 127. The van der Waals surface area contributed by atoms with Crippen molar-refractivity contribution in [3.8, 4) is 0 Å². The Balaban J connectivity index is 0.00000243. The van der Waals surface area contributed by atoms with Crippen LogP contribution in [0.15, 0.2) is 28.7 Å². The molecule has 1 amide bonds. The lowest BCUT2D eigenvalue weighted by Gasteiger charge is -2.27. The molecule has 9 heteroatoms. The highest BCUT2D eigenvalue weighted by molar-refractivity contribution is 14.0. The zero-order chi connectivity index (χ0) is 17.6. The maximum Gasteiger partial charge on any atom is 0.224 e. The second kappa shape index (κ2) is 9.91. The SMILES string of the molecule is CN=C(NCCC(=O)N1CCc2sccc2C1)NCc1ccnn1C.I. The van der Waals surface area contributed by atoms with Crippen LogP contribution in [0, 0.1) is 0 Å². The molecule has 0 unspecified atom stereocenters. The first kappa shape index (κ1) is 20.7. The maximum atomic E-state index is 12.4. The van der Waals surface area contributed by atoms with Crippen molar-refractivity contribution in [1.29, 1.82) is 0 Å². The van der Waals surface area contributed by atoms with E-state index in [2.05, 4.69) is 32.2 Å². The average molecular weight is 488 g/mol. The van der Waals surface area contributed by atoms with Crippen LogP contribution in [0.4, 0.5) is 0 Å². The number of amides is 1. The van der Waals surface area contributed by atoms with E-state index in [0.717, 1.165) is 25.2 Å². The minimum absolute atomic E-state index is 0. The van der Waals surface area contributed by atoms with E-state index in [1.165, 1.54) is 10.4 Å². The number of aromatic nitrogens is 2. The molecule has 0 bridgehead atoms. The fraction of sp³-hybridized carbons (Fsp3) is 0.471. The predicted molar refractivity (Wildman–Crippen MR) is 115 cm³/mol. The Hall–Kier alpha value is -1.62. The molecule has 0 spiro atoms. The van der Waals surface area contributed by atoms with Gasteiger partial charge in [-0.3, -0.25) is 14.5 Å². The fourth-order valence-corrected chi connectivity index (χ4v) is 3.77. The van der Waals surface area contributed by atoms with Crippen molar-refractivity contribution in [2.75, 3.05) is 20.1 Å². The zero-order valence-electron chi connectivity index (χ0n) is 15.1. The topological polar surface area (TPSA) is 74.6 Å². The van der Waals surface area contributed by atoms with E-state index in [-0.39, 0.29) is 29.9 Å². The van der Waals surface area contributed by atoms with Crippen LogP contribution >= 0.6 is 35.3 Å². The molecule has 2 aromatic rings. The number of aliphatic imine (C=N–C) groups is 1. The van der Waals surface area contributed by atoms with Gasteiger partial charge in [-0.05, 0) is 29.5 Å². The molecule has 7 nitrogen and oxygen atoms in total. The number of aryl methyl sites for hydroxylation is 1. The van der Waals surface area contributed by atoms with Crippen molar-refractivity contribution in [1.82, 2.24) is 25.3 Å². The lowest BCUT2D eigenvalue weighted by Crippen LogP contribution is -2.41. The Labute approximate surface area is 174 Å². The summed E-state index contributed by atoms with van der Waals surface area (Å²) >= 11 is 1.79. The van der Waals surface area contributed by atoms with Crippen LogP contribution in [-0.4, -0.2) is 46.7 Å². The van der Waals surface area contributed by atoms with E-state index in [1.807, 2.05) is 22.7 Å². The third-order valence-corrected chi connectivity index (χ3v) is 5.40. The first-order valence-corrected chi connectivity index (χ1v) is 9.29. The van der Waals surface area contributed by atoms with Crippen molar-refractivity contribution < 1.29 is 4.79 Å². The summed E-state index contributed by atoms with van der Waals surface area (Å²) in [4.78, 5) is 20.0. The molecule has 1 aliphatic rings. The predicted octanol–water partition coefficient (Wildman–Crippen LogP) is 1.74. The summed E-state index contributed by atoms with van der Waals surface area (Å²) in [6.45, 7) is 2.76. The minimum atomic E-state index is 0. The number of carbonyl (C=O) groups excluding carboxylic acids is 1. The summed E-state index contributed by atoms with van der Waals surface area (Å²) in [7, 11) is 3.63. The summed E-state index contributed by atoms with van der Waals surface area (Å²) in [5, 5.41) is 12.7. The molecule has 0 aliphatic carbocycles. The molecule has 0 radical (unpaired) electrons. The van der Waals surface area contributed by atoms with Crippen molar-refractivity contribution in [2.24, 2.45) is 12.0 Å². The molecular formula is C17H25IN6OS. The zero-order valence-corrected chi connectivity index (χ0v) is 18.2. The average Bonchev–Trinajstić information content (AvgIpc) is 3.25.